The van der Waals surface area contributed by atoms with E-state index in [1.165, 1.54) is 0 Å². The molecule has 1 fully saturated rings. The molecule has 0 aliphatic heterocycles. The van der Waals surface area contributed by atoms with Crippen molar-refractivity contribution in [1.82, 2.24) is 0 Å². The average molecular weight is 302 g/mol. The van der Waals surface area contributed by atoms with Crippen molar-refractivity contribution in [2.75, 3.05) is 0 Å². The molecule has 0 radical (unpaired) electrons. The predicted octanol–water partition coefficient (Wildman–Crippen LogP) is 4.41. The Hall–Kier alpha value is -1.87. The number of rotatable bonds is 3. The molecular weight excluding hydrogens is 286 g/mol. The standard InChI is InChI=1S/C17H16ClNO2/c18-14-5-3-12(4-6-14)11-19-15-8-13(9-16(20)10-15)17-2-1-7-21-17/h1-7,13H,8-11H2. The minimum Gasteiger partial charge on any atom is -0.469 e. The second kappa shape index (κ2) is 6.27. The Morgan fingerprint density at radius 3 is 2.71 bits per heavy atom. The average Bonchev–Trinajstić information content (AvgIpc) is 3.00. The molecule has 3 nitrogen and oxygen atoms in total. The van der Waals surface area contributed by atoms with Gasteiger partial charge in [0.1, 0.15) is 11.5 Å². The number of carbonyl (C=O) groups excluding carboxylic acids is 1. The highest BCUT2D eigenvalue weighted by molar-refractivity contribution is 6.30. The molecular formula is C17H16ClNO2. The molecule has 3 rings (SSSR count). The van der Waals surface area contributed by atoms with Gasteiger partial charge < -0.3 is 4.42 Å². The predicted molar refractivity (Wildman–Crippen MR) is 82.9 cm³/mol. The molecule has 0 spiro atoms. The number of benzene rings is 1. The number of hydrogen-bond donors (Lipinski definition) is 0. The van der Waals surface area contributed by atoms with Crippen LogP contribution in [0.25, 0.3) is 0 Å². The molecule has 1 aliphatic carbocycles. The summed E-state index contributed by atoms with van der Waals surface area (Å²) >= 11 is 5.86. The highest BCUT2D eigenvalue weighted by Crippen LogP contribution is 2.30. The molecule has 0 bridgehead atoms. The van der Waals surface area contributed by atoms with E-state index in [0.29, 0.717) is 19.4 Å². The van der Waals surface area contributed by atoms with Gasteiger partial charge in [0.05, 0.1) is 12.8 Å². The lowest BCUT2D eigenvalue weighted by molar-refractivity contribution is -0.118. The first-order chi connectivity index (χ1) is 10.2. The maximum atomic E-state index is 11.9. The molecule has 1 aromatic heterocycles. The topological polar surface area (TPSA) is 42.6 Å². The lowest BCUT2D eigenvalue weighted by Crippen LogP contribution is -2.21. The summed E-state index contributed by atoms with van der Waals surface area (Å²) in [5.74, 6) is 1.24. The molecule has 4 heteroatoms. The van der Waals surface area contributed by atoms with E-state index in [0.717, 1.165) is 28.5 Å². The zero-order chi connectivity index (χ0) is 14.7. The maximum absolute atomic E-state index is 11.9. The summed E-state index contributed by atoms with van der Waals surface area (Å²) in [5, 5.41) is 0.720. The van der Waals surface area contributed by atoms with Gasteiger partial charge in [0.15, 0.2) is 0 Å². The lowest BCUT2D eigenvalue weighted by atomic mass is 9.85. The number of nitrogens with zero attached hydrogens (tertiary/aromatic N) is 1. The maximum Gasteiger partial charge on any atom is 0.139 e. The van der Waals surface area contributed by atoms with Crippen LogP contribution in [0.5, 0.6) is 0 Å². The molecule has 1 unspecified atom stereocenters. The Bertz CT molecular complexity index is 644. The molecule has 21 heavy (non-hydrogen) atoms. The van der Waals surface area contributed by atoms with E-state index in [1.54, 1.807) is 6.26 Å². The van der Waals surface area contributed by atoms with Crippen molar-refractivity contribution < 1.29 is 9.21 Å². The second-order valence-electron chi connectivity index (χ2n) is 5.34. The van der Waals surface area contributed by atoms with Gasteiger partial charge in [-0.3, -0.25) is 9.79 Å². The summed E-state index contributed by atoms with van der Waals surface area (Å²) in [5.41, 5.74) is 2.06. The third-order valence-corrected chi connectivity index (χ3v) is 3.95. The molecule has 0 saturated heterocycles. The van der Waals surface area contributed by atoms with Crippen molar-refractivity contribution in [3.05, 3.63) is 59.0 Å². The normalized spacial score (nSPS) is 20.9. The molecule has 1 aliphatic rings. The van der Waals surface area contributed by atoms with Crippen LogP contribution >= 0.6 is 11.6 Å². The Balaban J connectivity index is 1.70. The fraction of sp³-hybridized carbons (Fsp3) is 0.294. The van der Waals surface area contributed by atoms with Gasteiger partial charge in [-0.05, 0) is 36.2 Å². The fourth-order valence-electron chi connectivity index (χ4n) is 2.64. The van der Waals surface area contributed by atoms with Gasteiger partial charge in [-0.1, -0.05) is 23.7 Å². The third kappa shape index (κ3) is 3.61. The van der Waals surface area contributed by atoms with E-state index < -0.39 is 0 Å². The van der Waals surface area contributed by atoms with Gasteiger partial charge in [0, 0.05) is 29.5 Å². The van der Waals surface area contributed by atoms with Gasteiger partial charge in [-0.15, -0.1) is 0 Å². The first kappa shape index (κ1) is 14.1. The van der Waals surface area contributed by atoms with E-state index in [1.807, 2.05) is 36.4 Å². The highest BCUT2D eigenvalue weighted by Gasteiger charge is 2.26. The summed E-state index contributed by atoms with van der Waals surface area (Å²) < 4.78 is 5.42. The van der Waals surface area contributed by atoms with E-state index in [9.17, 15) is 4.79 Å². The third-order valence-electron chi connectivity index (χ3n) is 3.70. The Morgan fingerprint density at radius 2 is 2.00 bits per heavy atom. The first-order valence-electron chi connectivity index (χ1n) is 7.02. The summed E-state index contributed by atoms with van der Waals surface area (Å²) in [6.45, 7) is 0.588. The van der Waals surface area contributed by atoms with Crippen LogP contribution in [0.2, 0.25) is 5.02 Å². The SMILES string of the molecule is O=C1CC(=NCc2ccc(Cl)cc2)CC(c2ccco2)C1. The van der Waals surface area contributed by atoms with Crippen molar-refractivity contribution in [2.45, 2.75) is 31.7 Å². The van der Waals surface area contributed by atoms with Gasteiger partial charge in [-0.2, -0.15) is 0 Å². The van der Waals surface area contributed by atoms with E-state index in [2.05, 4.69) is 4.99 Å². The van der Waals surface area contributed by atoms with E-state index in [4.69, 9.17) is 16.0 Å². The van der Waals surface area contributed by atoms with Crippen molar-refractivity contribution in [1.29, 1.82) is 0 Å². The zero-order valence-corrected chi connectivity index (χ0v) is 12.3. The van der Waals surface area contributed by atoms with Crippen molar-refractivity contribution in [3.63, 3.8) is 0 Å². The minimum absolute atomic E-state index is 0.130. The van der Waals surface area contributed by atoms with Crippen molar-refractivity contribution in [3.8, 4) is 0 Å². The second-order valence-corrected chi connectivity index (χ2v) is 5.78. The van der Waals surface area contributed by atoms with Crippen LogP contribution < -0.4 is 0 Å². The summed E-state index contributed by atoms with van der Waals surface area (Å²) in [7, 11) is 0. The number of furan rings is 1. The van der Waals surface area contributed by atoms with Crippen molar-refractivity contribution in [2.24, 2.45) is 4.99 Å². The zero-order valence-electron chi connectivity index (χ0n) is 11.6. The van der Waals surface area contributed by atoms with E-state index in [-0.39, 0.29) is 11.7 Å². The Labute approximate surface area is 128 Å². The summed E-state index contributed by atoms with van der Waals surface area (Å²) in [6.07, 6.45) is 3.46. The minimum atomic E-state index is 0.130. The molecule has 2 aromatic rings. The number of hydrogen-bond acceptors (Lipinski definition) is 3. The van der Waals surface area contributed by atoms with Crippen LogP contribution in [0.1, 0.15) is 36.5 Å². The monoisotopic (exact) mass is 301 g/mol. The summed E-state index contributed by atoms with van der Waals surface area (Å²) in [4.78, 5) is 16.5. The first-order valence-corrected chi connectivity index (χ1v) is 7.40. The van der Waals surface area contributed by atoms with Gasteiger partial charge in [-0.25, -0.2) is 0 Å². The molecule has 0 amide bonds. The van der Waals surface area contributed by atoms with Crippen LogP contribution in [0.4, 0.5) is 0 Å². The number of aliphatic imine (C=N–C) groups is 1. The fourth-order valence-corrected chi connectivity index (χ4v) is 2.77. The van der Waals surface area contributed by atoms with Crippen molar-refractivity contribution >= 4 is 23.1 Å². The molecule has 108 valence electrons. The molecule has 1 aromatic carbocycles. The van der Waals surface area contributed by atoms with E-state index >= 15 is 0 Å². The Kier molecular flexibility index (Phi) is 4.20. The summed E-state index contributed by atoms with van der Waals surface area (Å²) in [6, 6.07) is 11.4. The van der Waals surface area contributed by atoms with Gasteiger partial charge in [0.25, 0.3) is 0 Å². The number of ketones is 1. The molecule has 1 saturated carbocycles. The van der Waals surface area contributed by atoms with Crippen LogP contribution in [0, 0.1) is 0 Å². The van der Waals surface area contributed by atoms with Crippen LogP contribution in [0.15, 0.2) is 52.1 Å². The van der Waals surface area contributed by atoms with Crippen LogP contribution in [0.3, 0.4) is 0 Å². The molecule has 0 N–H and O–H groups in total. The highest BCUT2D eigenvalue weighted by atomic mass is 35.5. The molecule has 1 heterocycles. The quantitative estimate of drug-likeness (QED) is 0.842. The van der Waals surface area contributed by atoms with Gasteiger partial charge in [0.2, 0.25) is 0 Å². The Morgan fingerprint density at radius 1 is 1.19 bits per heavy atom. The number of Topliss-reactive ketones (excluding diaryl/α,β-unsaturated/α-hetero) is 1. The molecule has 1 atom stereocenters. The van der Waals surface area contributed by atoms with Crippen LogP contribution in [-0.4, -0.2) is 11.5 Å². The largest absolute Gasteiger partial charge is 0.469 e. The van der Waals surface area contributed by atoms with Crippen LogP contribution in [-0.2, 0) is 11.3 Å². The number of halogens is 1. The lowest BCUT2D eigenvalue weighted by Gasteiger charge is -2.20. The number of carbonyl (C=O) groups is 1. The smallest absolute Gasteiger partial charge is 0.139 e. The van der Waals surface area contributed by atoms with Gasteiger partial charge >= 0.3 is 0 Å².